The summed E-state index contributed by atoms with van der Waals surface area (Å²) in [6.45, 7) is 11.8. The topological polar surface area (TPSA) is 54.0 Å². The molecule has 1 aliphatic rings. The lowest BCUT2D eigenvalue weighted by Crippen LogP contribution is -2.38. The van der Waals surface area contributed by atoms with Crippen LogP contribution >= 0.6 is 0 Å². The number of hydrogen-bond acceptors (Lipinski definition) is 5. The minimum Gasteiger partial charge on any atom is -0.375 e. The lowest BCUT2D eigenvalue weighted by Gasteiger charge is -2.21. The molecule has 5 nitrogen and oxygen atoms in total. The van der Waals surface area contributed by atoms with Crippen LogP contribution in [-0.4, -0.2) is 67.8 Å². The second kappa shape index (κ2) is 8.87. The van der Waals surface area contributed by atoms with Crippen molar-refractivity contribution in [3.05, 3.63) is 0 Å². The Morgan fingerprint density at radius 2 is 1.89 bits per heavy atom. The van der Waals surface area contributed by atoms with E-state index in [9.17, 15) is 5.11 Å². The first-order valence-electron chi connectivity index (χ1n) is 7.32. The first-order valence-corrected chi connectivity index (χ1v) is 7.32. The highest BCUT2D eigenvalue weighted by Crippen LogP contribution is 2.06. The van der Waals surface area contributed by atoms with Gasteiger partial charge in [-0.1, -0.05) is 0 Å². The van der Waals surface area contributed by atoms with E-state index < -0.39 is 6.29 Å². The van der Waals surface area contributed by atoms with E-state index in [0.717, 1.165) is 26.2 Å². The van der Waals surface area contributed by atoms with E-state index in [4.69, 9.17) is 9.47 Å². The van der Waals surface area contributed by atoms with Crippen molar-refractivity contribution in [3.8, 4) is 0 Å². The Bertz CT molecular complexity index is 225. The second-order valence-corrected chi connectivity index (χ2v) is 6.13. The highest BCUT2D eigenvalue weighted by atomic mass is 16.6. The van der Waals surface area contributed by atoms with E-state index in [-0.39, 0.29) is 12.1 Å². The van der Waals surface area contributed by atoms with E-state index in [1.807, 2.05) is 0 Å². The van der Waals surface area contributed by atoms with Gasteiger partial charge >= 0.3 is 0 Å². The summed E-state index contributed by atoms with van der Waals surface area (Å²) in [6.07, 6.45) is 1.76. The number of nitrogens with one attached hydrogen (secondary N) is 1. The molecular formula is C14H30N2O3. The van der Waals surface area contributed by atoms with Crippen molar-refractivity contribution in [2.45, 2.75) is 45.4 Å². The van der Waals surface area contributed by atoms with Gasteiger partial charge in [-0.2, -0.15) is 0 Å². The van der Waals surface area contributed by atoms with Gasteiger partial charge in [-0.05, 0) is 46.7 Å². The van der Waals surface area contributed by atoms with Crippen molar-refractivity contribution >= 4 is 0 Å². The van der Waals surface area contributed by atoms with Crippen LogP contribution in [0.1, 0.15) is 33.6 Å². The fourth-order valence-corrected chi connectivity index (χ4v) is 2.05. The number of aliphatic hydroxyl groups is 1. The fourth-order valence-electron chi connectivity index (χ4n) is 2.05. The van der Waals surface area contributed by atoms with Gasteiger partial charge in [0.05, 0.1) is 19.8 Å². The molecule has 5 heteroatoms. The van der Waals surface area contributed by atoms with Crippen molar-refractivity contribution in [2.24, 2.45) is 0 Å². The van der Waals surface area contributed by atoms with Gasteiger partial charge in [0.25, 0.3) is 0 Å². The van der Waals surface area contributed by atoms with E-state index in [2.05, 4.69) is 31.0 Å². The quantitative estimate of drug-likeness (QED) is 0.482. The molecule has 0 saturated carbocycles. The normalized spacial score (nSPS) is 18.9. The molecule has 0 aromatic carbocycles. The fraction of sp³-hybridized carbons (Fsp3) is 1.00. The number of ether oxygens (including phenoxy) is 2. The van der Waals surface area contributed by atoms with Gasteiger partial charge in [-0.25, -0.2) is 0 Å². The van der Waals surface area contributed by atoms with Gasteiger partial charge in [-0.3, -0.25) is 0 Å². The number of aliphatic hydroxyl groups excluding tert-OH is 1. The summed E-state index contributed by atoms with van der Waals surface area (Å²) in [5.74, 6) is 0. The highest BCUT2D eigenvalue weighted by molar-refractivity contribution is 4.69. The Morgan fingerprint density at radius 1 is 1.21 bits per heavy atom. The molecule has 19 heavy (non-hydrogen) atoms. The van der Waals surface area contributed by atoms with Crippen LogP contribution in [0.5, 0.6) is 0 Å². The molecule has 1 saturated heterocycles. The molecule has 1 fully saturated rings. The molecule has 2 N–H and O–H groups in total. The summed E-state index contributed by atoms with van der Waals surface area (Å²) in [4.78, 5) is 2.36. The molecule has 1 heterocycles. The highest BCUT2D eigenvalue weighted by Gasteiger charge is 2.12. The Balaban J connectivity index is 1.88. The molecule has 0 amide bonds. The van der Waals surface area contributed by atoms with Crippen LogP contribution < -0.4 is 5.32 Å². The van der Waals surface area contributed by atoms with Crippen molar-refractivity contribution in [2.75, 3.05) is 46.0 Å². The van der Waals surface area contributed by atoms with Gasteiger partial charge in [0.1, 0.15) is 0 Å². The third-order valence-electron chi connectivity index (χ3n) is 3.08. The summed E-state index contributed by atoms with van der Waals surface area (Å²) in [5, 5.41) is 12.9. The average Bonchev–Trinajstić information content (AvgIpc) is 2.80. The van der Waals surface area contributed by atoms with Crippen LogP contribution in [0.4, 0.5) is 0 Å². The molecule has 0 aliphatic carbocycles. The second-order valence-electron chi connectivity index (χ2n) is 6.13. The molecule has 0 bridgehead atoms. The number of nitrogens with zero attached hydrogens (tertiary/aromatic N) is 1. The average molecular weight is 274 g/mol. The molecule has 0 radical (unpaired) electrons. The molecule has 1 atom stereocenters. The number of likely N-dealkylation sites (tertiary alicyclic amines) is 1. The molecule has 0 spiro atoms. The van der Waals surface area contributed by atoms with E-state index in [0.29, 0.717) is 13.2 Å². The standard InChI is InChI=1S/C14H30N2O3/c1-14(2,3)15-6-10-18-12-13(17)19-11-9-16-7-4-5-8-16/h13,15,17H,4-12H2,1-3H3. The predicted octanol–water partition coefficient (Wildman–Crippen LogP) is 0.822. The van der Waals surface area contributed by atoms with Crippen LogP contribution in [-0.2, 0) is 9.47 Å². The Hall–Kier alpha value is -0.200. The SMILES string of the molecule is CC(C)(C)NCCOCC(O)OCCN1CCCC1. The van der Waals surface area contributed by atoms with Crippen molar-refractivity contribution in [3.63, 3.8) is 0 Å². The van der Waals surface area contributed by atoms with E-state index >= 15 is 0 Å². The Labute approximate surface area is 117 Å². The summed E-state index contributed by atoms with van der Waals surface area (Å²) >= 11 is 0. The zero-order chi connectivity index (χ0) is 14.1. The van der Waals surface area contributed by atoms with E-state index in [1.165, 1.54) is 12.8 Å². The largest absolute Gasteiger partial charge is 0.375 e. The zero-order valence-electron chi connectivity index (χ0n) is 12.7. The number of rotatable bonds is 9. The maximum absolute atomic E-state index is 9.60. The smallest absolute Gasteiger partial charge is 0.178 e. The molecule has 114 valence electrons. The molecule has 0 aromatic heterocycles. The minimum absolute atomic E-state index is 0.105. The molecular weight excluding hydrogens is 244 g/mol. The molecule has 1 rings (SSSR count). The van der Waals surface area contributed by atoms with Crippen LogP contribution in [0, 0.1) is 0 Å². The zero-order valence-corrected chi connectivity index (χ0v) is 12.7. The first kappa shape index (κ1) is 16.9. The lowest BCUT2D eigenvalue weighted by molar-refractivity contribution is -0.139. The molecule has 0 aromatic rings. The van der Waals surface area contributed by atoms with Gasteiger partial charge in [0.2, 0.25) is 0 Å². The van der Waals surface area contributed by atoms with Crippen molar-refractivity contribution < 1.29 is 14.6 Å². The van der Waals surface area contributed by atoms with Crippen LogP contribution in [0.3, 0.4) is 0 Å². The third-order valence-corrected chi connectivity index (χ3v) is 3.08. The lowest BCUT2D eigenvalue weighted by atomic mass is 10.1. The monoisotopic (exact) mass is 274 g/mol. The molecule has 1 aliphatic heterocycles. The maximum atomic E-state index is 9.60. The summed E-state index contributed by atoms with van der Waals surface area (Å²) in [5.41, 5.74) is 0.105. The van der Waals surface area contributed by atoms with Gasteiger partial charge < -0.3 is 24.8 Å². The summed E-state index contributed by atoms with van der Waals surface area (Å²) in [6, 6.07) is 0. The Morgan fingerprint density at radius 3 is 2.53 bits per heavy atom. The third kappa shape index (κ3) is 9.35. The first-order chi connectivity index (χ1) is 8.97. The van der Waals surface area contributed by atoms with Gasteiger partial charge in [0, 0.05) is 18.6 Å². The number of hydrogen-bond donors (Lipinski definition) is 2. The molecule has 1 unspecified atom stereocenters. The Kier molecular flexibility index (Phi) is 7.87. The van der Waals surface area contributed by atoms with Gasteiger partial charge in [0.15, 0.2) is 6.29 Å². The van der Waals surface area contributed by atoms with Crippen molar-refractivity contribution in [1.29, 1.82) is 0 Å². The van der Waals surface area contributed by atoms with Crippen LogP contribution in [0.25, 0.3) is 0 Å². The van der Waals surface area contributed by atoms with Crippen LogP contribution in [0.2, 0.25) is 0 Å². The summed E-state index contributed by atoms with van der Waals surface area (Å²) < 4.78 is 10.7. The maximum Gasteiger partial charge on any atom is 0.178 e. The minimum atomic E-state index is -0.808. The van der Waals surface area contributed by atoms with Gasteiger partial charge in [-0.15, -0.1) is 0 Å². The van der Waals surface area contributed by atoms with E-state index in [1.54, 1.807) is 0 Å². The van der Waals surface area contributed by atoms with Crippen molar-refractivity contribution in [1.82, 2.24) is 10.2 Å². The van der Waals surface area contributed by atoms with Crippen LogP contribution in [0.15, 0.2) is 0 Å². The summed E-state index contributed by atoms with van der Waals surface area (Å²) in [7, 11) is 0. The predicted molar refractivity (Wildman–Crippen MR) is 76.2 cm³/mol.